The molecule has 0 radical (unpaired) electrons. The number of nitrogens with zero attached hydrogens (tertiary/aromatic N) is 1. The number of methoxy groups -OCH3 is 1. The van der Waals surface area contributed by atoms with Crippen molar-refractivity contribution in [1.29, 1.82) is 0 Å². The molecule has 0 fully saturated rings. The number of benzene rings is 2. The summed E-state index contributed by atoms with van der Waals surface area (Å²) in [5, 5.41) is 5.26. The second-order valence-electron chi connectivity index (χ2n) is 4.53. The first-order valence-corrected chi connectivity index (χ1v) is 7.67. The van der Waals surface area contributed by atoms with E-state index in [1.165, 1.54) is 6.07 Å². The van der Waals surface area contributed by atoms with Gasteiger partial charge in [-0.2, -0.15) is 0 Å². The number of nitrogens with two attached hydrogens (primary N) is 2. The standard InChI is InChI=1S/C14H17N3O3S/c1-17(11-4-3-5-12(9-11)20-2)13-7-6-10(15)8-14(13)21(16,18)19/h3-9H,15H2,1-2H3,(H2,16,18,19). The Bertz CT molecular complexity index is 760. The number of anilines is 3. The summed E-state index contributed by atoms with van der Waals surface area (Å²) in [6.45, 7) is 0. The van der Waals surface area contributed by atoms with Crippen molar-refractivity contribution in [2.75, 3.05) is 24.8 Å². The van der Waals surface area contributed by atoms with E-state index in [2.05, 4.69) is 0 Å². The van der Waals surface area contributed by atoms with Crippen molar-refractivity contribution >= 4 is 27.1 Å². The summed E-state index contributed by atoms with van der Waals surface area (Å²) in [5.74, 6) is 0.673. The van der Waals surface area contributed by atoms with E-state index in [0.717, 1.165) is 5.69 Å². The topological polar surface area (TPSA) is 98.7 Å². The number of rotatable bonds is 4. The second-order valence-corrected chi connectivity index (χ2v) is 6.06. The van der Waals surface area contributed by atoms with Crippen LogP contribution in [0.4, 0.5) is 17.1 Å². The van der Waals surface area contributed by atoms with Crippen LogP contribution in [-0.4, -0.2) is 22.6 Å². The largest absolute Gasteiger partial charge is 0.497 e. The van der Waals surface area contributed by atoms with Gasteiger partial charge in [0.1, 0.15) is 10.6 Å². The first kappa shape index (κ1) is 15.1. The van der Waals surface area contributed by atoms with Crippen LogP contribution in [0.1, 0.15) is 0 Å². The molecule has 4 N–H and O–H groups in total. The maximum atomic E-state index is 11.7. The van der Waals surface area contributed by atoms with Crippen LogP contribution >= 0.6 is 0 Å². The molecule has 0 saturated heterocycles. The SMILES string of the molecule is COc1cccc(N(C)c2ccc(N)cc2S(N)(=O)=O)c1. The van der Waals surface area contributed by atoms with Crippen LogP contribution in [0.3, 0.4) is 0 Å². The summed E-state index contributed by atoms with van der Waals surface area (Å²) in [5.41, 5.74) is 7.20. The molecular weight excluding hydrogens is 290 g/mol. The fourth-order valence-electron chi connectivity index (χ4n) is 1.99. The van der Waals surface area contributed by atoms with Crippen molar-refractivity contribution < 1.29 is 13.2 Å². The van der Waals surface area contributed by atoms with Crippen LogP contribution < -0.4 is 20.5 Å². The van der Waals surface area contributed by atoms with Gasteiger partial charge in [-0.3, -0.25) is 0 Å². The first-order valence-electron chi connectivity index (χ1n) is 6.13. The normalized spacial score (nSPS) is 11.2. The molecule has 2 rings (SSSR count). The quantitative estimate of drug-likeness (QED) is 0.838. The van der Waals surface area contributed by atoms with Crippen LogP contribution in [-0.2, 0) is 10.0 Å². The molecule has 7 heteroatoms. The Hall–Kier alpha value is -2.25. The molecule has 0 aliphatic carbocycles. The highest BCUT2D eigenvalue weighted by molar-refractivity contribution is 7.89. The Morgan fingerprint density at radius 2 is 1.86 bits per heavy atom. The number of nitrogen functional groups attached to an aromatic ring is 1. The van der Waals surface area contributed by atoms with E-state index in [9.17, 15) is 8.42 Å². The lowest BCUT2D eigenvalue weighted by Gasteiger charge is -2.22. The van der Waals surface area contributed by atoms with E-state index >= 15 is 0 Å². The van der Waals surface area contributed by atoms with Crippen LogP contribution in [0.25, 0.3) is 0 Å². The third-order valence-corrected chi connectivity index (χ3v) is 4.03. The maximum Gasteiger partial charge on any atom is 0.240 e. The van der Waals surface area contributed by atoms with Gasteiger partial charge in [0.15, 0.2) is 0 Å². The van der Waals surface area contributed by atoms with Gasteiger partial charge in [-0.15, -0.1) is 0 Å². The van der Waals surface area contributed by atoms with Gasteiger partial charge < -0.3 is 15.4 Å². The van der Waals surface area contributed by atoms with Crippen molar-refractivity contribution in [2.45, 2.75) is 4.90 Å². The average Bonchev–Trinajstić information content (AvgIpc) is 2.45. The predicted octanol–water partition coefficient (Wildman–Crippen LogP) is 1.69. The highest BCUT2D eigenvalue weighted by atomic mass is 32.2. The smallest absolute Gasteiger partial charge is 0.240 e. The van der Waals surface area contributed by atoms with Gasteiger partial charge in [-0.05, 0) is 30.3 Å². The molecule has 0 aromatic heterocycles. The van der Waals surface area contributed by atoms with Gasteiger partial charge in [-0.1, -0.05) is 6.07 Å². The van der Waals surface area contributed by atoms with E-state index in [1.807, 2.05) is 12.1 Å². The molecule has 0 aliphatic rings. The van der Waals surface area contributed by atoms with Crippen LogP contribution in [0.5, 0.6) is 5.75 Å². The molecule has 0 heterocycles. The van der Waals surface area contributed by atoms with Gasteiger partial charge in [0.2, 0.25) is 10.0 Å². The lowest BCUT2D eigenvalue weighted by molar-refractivity contribution is 0.415. The Morgan fingerprint density at radius 3 is 2.48 bits per heavy atom. The molecular formula is C14H17N3O3S. The van der Waals surface area contributed by atoms with Crippen molar-refractivity contribution in [3.8, 4) is 5.75 Å². The molecule has 112 valence electrons. The van der Waals surface area contributed by atoms with Crippen molar-refractivity contribution in [3.05, 3.63) is 42.5 Å². The molecule has 2 aromatic carbocycles. The van der Waals surface area contributed by atoms with E-state index in [0.29, 0.717) is 17.1 Å². The van der Waals surface area contributed by atoms with Crippen molar-refractivity contribution in [3.63, 3.8) is 0 Å². The van der Waals surface area contributed by atoms with E-state index < -0.39 is 10.0 Å². The van der Waals surface area contributed by atoms with Crippen molar-refractivity contribution in [2.24, 2.45) is 5.14 Å². The molecule has 0 aliphatic heterocycles. The first-order chi connectivity index (χ1) is 9.82. The summed E-state index contributed by atoms with van der Waals surface area (Å²) >= 11 is 0. The summed E-state index contributed by atoms with van der Waals surface area (Å²) in [6, 6.07) is 11.9. The fourth-order valence-corrected chi connectivity index (χ4v) is 2.79. The fraction of sp³-hybridized carbons (Fsp3) is 0.143. The zero-order valence-corrected chi connectivity index (χ0v) is 12.6. The zero-order chi connectivity index (χ0) is 15.6. The summed E-state index contributed by atoms with van der Waals surface area (Å²) in [7, 11) is -0.565. The average molecular weight is 307 g/mol. The van der Waals surface area contributed by atoms with Crippen LogP contribution in [0.2, 0.25) is 0 Å². The molecule has 0 saturated carbocycles. The van der Waals surface area contributed by atoms with Gasteiger partial charge >= 0.3 is 0 Å². The highest BCUT2D eigenvalue weighted by Gasteiger charge is 2.18. The highest BCUT2D eigenvalue weighted by Crippen LogP contribution is 2.32. The summed E-state index contributed by atoms with van der Waals surface area (Å²) in [4.78, 5) is 1.69. The van der Waals surface area contributed by atoms with Crippen LogP contribution in [0.15, 0.2) is 47.4 Å². The Labute approximate surface area is 124 Å². The van der Waals surface area contributed by atoms with Crippen molar-refractivity contribution in [1.82, 2.24) is 0 Å². The molecule has 0 atom stereocenters. The molecule has 21 heavy (non-hydrogen) atoms. The maximum absolute atomic E-state index is 11.7. The minimum atomic E-state index is -3.88. The number of ether oxygens (including phenoxy) is 1. The lowest BCUT2D eigenvalue weighted by Crippen LogP contribution is -2.19. The molecule has 0 unspecified atom stereocenters. The molecule has 0 bridgehead atoms. The Morgan fingerprint density at radius 1 is 1.14 bits per heavy atom. The molecule has 0 spiro atoms. The summed E-state index contributed by atoms with van der Waals surface area (Å²) in [6.07, 6.45) is 0. The van der Waals surface area contributed by atoms with E-state index in [1.54, 1.807) is 43.3 Å². The molecule has 0 amide bonds. The van der Waals surface area contributed by atoms with Gasteiger partial charge in [0.25, 0.3) is 0 Å². The number of primary sulfonamides is 1. The minimum absolute atomic E-state index is 0.0205. The molecule has 2 aromatic rings. The number of hydrogen-bond donors (Lipinski definition) is 2. The van der Waals surface area contributed by atoms with E-state index in [4.69, 9.17) is 15.6 Å². The monoisotopic (exact) mass is 307 g/mol. The van der Waals surface area contributed by atoms with Gasteiger partial charge in [0, 0.05) is 24.5 Å². The summed E-state index contributed by atoms with van der Waals surface area (Å²) < 4.78 is 28.6. The predicted molar refractivity (Wildman–Crippen MR) is 83.3 cm³/mol. The Balaban J connectivity index is 2.55. The Kier molecular flexibility index (Phi) is 4.06. The van der Waals surface area contributed by atoms with Gasteiger partial charge in [0.05, 0.1) is 12.8 Å². The third kappa shape index (κ3) is 3.26. The van der Waals surface area contributed by atoms with E-state index in [-0.39, 0.29) is 4.90 Å². The number of sulfonamides is 1. The second kappa shape index (κ2) is 5.63. The lowest BCUT2D eigenvalue weighted by atomic mass is 10.2. The molecule has 6 nitrogen and oxygen atoms in total. The van der Waals surface area contributed by atoms with Gasteiger partial charge in [-0.25, -0.2) is 13.6 Å². The number of hydrogen-bond acceptors (Lipinski definition) is 5. The van der Waals surface area contributed by atoms with Crippen LogP contribution in [0, 0.1) is 0 Å². The minimum Gasteiger partial charge on any atom is -0.497 e. The third-order valence-electron chi connectivity index (χ3n) is 3.09. The zero-order valence-electron chi connectivity index (χ0n) is 11.8.